The fourth-order valence-corrected chi connectivity index (χ4v) is 5.74. The van der Waals surface area contributed by atoms with Gasteiger partial charge >= 0.3 is 0 Å². The SMILES string of the molecule is CC1CCC(N(C(=O)CSc2nnc(-c3cccs3)n2CCC(N)=O)C2CC2)CC1. The van der Waals surface area contributed by atoms with Gasteiger partial charge in [0.1, 0.15) is 0 Å². The summed E-state index contributed by atoms with van der Waals surface area (Å²) in [6.45, 7) is 2.72. The van der Waals surface area contributed by atoms with E-state index in [9.17, 15) is 9.59 Å². The molecule has 2 fully saturated rings. The number of amides is 2. The summed E-state index contributed by atoms with van der Waals surface area (Å²) in [4.78, 5) is 27.7. The number of hydrogen-bond donors (Lipinski definition) is 1. The van der Waals surface area contributed by atoms with Gasteiger partial charge in [-0.3, -0.25) is 9.59 Å². The molecule has 2 aromatic heterocycles. The van der Waals surface area contributed by atoms with Gasteiger partial charge < -0.3 is 15.2 Å². The molecule has 2 heterocycles. The van der Waals surface area contributed by atoms with Gasteiger partial charge in [0, 0.05) is 25.0 Å². The van der Waals surface area contributed by atoms with Gasteiger partial charge in [-0.2, -0.15) is 0 Å². The van der Waals surface area contributed by atoms with E-state index in [4.69, 9.17) is 5.73 Å². The molecule has 0 saturated heterocycles. The second-order valence-corrected chi connectivity index (χ2v) is 10.3. The topological polar surface area (TPSA) is 94.1 Å². The van der Waals surface area contributed by atoms with Crippen molar-refractivity contribution in [2.75, 3.05) is 5.75 Å². The third kappa shape index (κ3) is 5.06. The second-order valence-electron chi connectivity index (χ2n) is 8.39. The molecule has 2 aliphatic rings. The zero-order valence-electron chi connectivity index (χ0n) is 17.3. The van der Waals surface area contributed by atoms with E-state index in [-0.39, 0.29) is 18.2 Å². The number of nitrogens with zero attached hydrogens (tertiary/aromatic N) is 4. The van der Waals surface area contributed by atoms with E-state index in [1.54, 1.807) is 11.3 Å². The van der Waals surface area contributed by atoms with Crippen molar-refractivity contribution in [3.8, 4) is 10.7 Å². The molecule has 0 aromatic carbocycles. The molecule has 2 N–H and O–H groups in total. The van der Waals surface area contributed by atoms with Gasteiger partial charge in [0.15, 0.2) is 11.0 Å². The Morgan fingerprint density at radius 2 is 1.90 bits per heavy atom. The van der Waals surface area contributed by atoms with E-state index in [0.717, 1.165) is 42.3 Å². The molecule has 0 bridgehead atoms. The molecule has 2 aliphatic carbocycles. The Bertz CT molecular complexity index is 870. The second kappa shape index (κ2) is 9.51. The van der Waals surface area contributed by atoms with Crippen LogP contribution in [0.1, 0.15) is 51.9 Å². The third-order valence-corrected chi connectivity index (χ3v) is 7.79. The summed E-state index contributed by atoms with van der Waals surface area (Å²) >= 11 is 2.99. The lowest BCUT2D eigenvalue weighted by Gasteiger charge is -2.36. The normalized spacial score (nSPS) is 21.5. The van der Waals surface area contributed by atoms with Gasteiger partial charge in [-0.1, -0.05) is 24.8 Å². The standard InChI is InChI=1S/C21H29N5O2S2/c1-14-4-6-15(7-5-14)26(16-8-9-16)19(28)13-30-21-24-23-20(17-3-2-12-29-17)25(21)11-10-18(22)27/h2-3,12,14-16H,4-11,13H2,1H3,(H2,22,27). The van der Waals surface area contributed by atoms with E-state index in [1.165, 1.54) is 24.6 Å². The molecular weight excluding hydrogens is 418 g/mol. The number of aromatic nitrogens is 3. The van der Waals surface area contributed by atoms with Crippen molar-refractivity contribution >= 4 is 34.9 Å². The molecule has 0 aliphatic heterocycles. The highest BCUT2D eigenvalue weighted by molar-refractivity contribution is 7.99. The molecular formula is C21H29N5O2S2. The number of nitrogens with two attached hydrogens (primary N) is 1. The van der Waals surface area contributed by atoms with Crippen LogP contribution >= 0.6 is 23.1 Å². The fraction of sp³-hybridized carbons (Fsp3) is 0.619. The summed E-state index contributed by atoms with van der Waals surface area (Å²) in [5.41, 5.74) is 5.36. The van der Waals surface area contributed by atoms with Gasteiger partial charge in [-0.25, -0.2) is 0 Å². The number of carbonyl (C=O) groups excluding carboxylic acids is 2. The van der Waals surface area contributed by atoms with Crippen molar-refractivity contribution in [1.82, 2.24) is 19.7 Å². The molecule has 0 radical (unpaired) electrons. The average Bonchev–Trinajstić information content (AvgIpc) is 3.24. The quantitative estimate of drug-likeness (QED) is 0.593. The van der Waals surface area contributed by atoms with Crippen molar-refractivity contribution in [1.29, 1.82) is 0 Å². The highest BCUT2D eigenvalue weighted by Gasteiger charge is 2.38. The van der Waals surface area contributed by atoms with Crippen molar-refractivity contribution in [3.63, 3.8) is 0 Å². The summed E-state index contributed by atoms with van der Waals surface area (Å²) in [6, 6.07) is 4.75. The fourth-order valence-electron chi connectivity index (χ4n) is 4.19. The van der Waals surface area contributed by atoms with Crippen LogP contribution in [0.2, 0.25) is 0 Å². The zero-order valence-corrected chi connectivity index (χ0v) is 19.0. The van der Waals surface area contributed by atoms with Gasteiger partial charge in [-0.05, 0) is 55.9 Å². The van der Waals surface area contributed by atoms with E-state index in [2.05, 4.69) is 22.0 Å². The maximum atomic E-state index is 13.2. The van der Waals surface area contributed by atoms with Gasteiger partial charge in [0.25, 0.3) is 0 Å². The number of rotatable bonds is 9. The number of carbonyl (C=O) groups is 2. The van der Waals surface area contributed by atoms with Crippen molar-refractivity contribution in [3.05, 3.63) is 17.5 Å². The summed E-state index contributed by atoms with van der Waals surface area (Å²) in [5.74, 6) is 1.68. The van der Waals surface area contributed by atoms with Crippen LogP contribution in [0, 0.1) is 5.92 Å². The van der Waals surface area contributed by atoms with E-state index >= 15 is 0 Å². The number of primary amides is 1. The van der Waals surface area contributed by atoms with Gasteiger partial charge in [0.2, 0.25) is 11.8 Å². The predicted molar refractivity (Wildman–Crippen MR) is 119 cm³/mol. The van der Waals surface area contributed by atoms with Crippen molar-refractivity contribution in [2.24, 2.45) is 11.7 Å². The number of thiophene rings is 1. The molecule has 162 valence electrons. The van der Waals surface area contributed by atoms with E-state index in [1.807, 2.05) is 22.1 Å². The van der Waals surface area contributed by atoms with Crippen LogP contribution in [-0.4, -0.2) is 49.3 Å². The average molecular weight is 448 g/mol. The molecule has 0 unspecified atom stereocenters. The lowest BCUT2D eigenvalue weighted by atomic mass is 9.86. The molecule has 7 nitrogen and oxygen atoms in total. The minimum Gasteiger partial charge on any atom is -0.370 e. The van der Waals surface area contributed by atoms with Crippen LogP contribution < -0.4 is 5.73 Å². The summed E-state index contributed by atoms with van der Waals surface area (Å²) in [7, 11) is 0. The van der Waals surface area contributed by atoms with Crippen LogP contribution in [0.25, 0.3) is 10.7 Å². The molecule has 0 atom stereocenters. The molecule has 2 aromatic rings. The van der Waals surface area contributed by atoms with E-state index in [0.29, 0.717) is 29.5 Å². The highest BCUT2D eigenvalue weighted by Crippen LogP contribution is 2.36. The van der Waals surface area contributed by atoms with Crippen LogP contribution in [-0.2, 0) is 16.1 Å². The minimum absolute atomic E-state index is 0.198. The van der Waals surface area contributed by atoms with E-state index < -0.39 is 0 Å². The first-order valence-corrected chi connectivity index (χ1v) is 12.6. The first-order valence-electron chi connectivity index (χ1n) is 10.7. The Labute approximate surface area is 185 Å². The Morgan fingerprint density at radius 1 is 1.20 bits per heavy atom. The Hall–Kier alpha value is -1.87. The van der Waals surface area contributed by atoms with Crippen LogP contribution in [0.4, 0.5) is 0 Å². The van der Waals surface area contributed by atoms with Gasteiger partial charge in [-0.15, -0.1) is 21.5 Å². The first kappa shape index (κ1) is 21.4. The smallest absolute Gasteiger partial charge is 0.233 e. The Kier molecular flexibility index (Phi) is 6.77. The lowest BCUT2D eigenvalue weighted by Crippen LogP contribution is -2.44. The molecule has 30 heavy (non-hydrogen) atoms. The molecule has 2 amide bonds. The highest BCUT2D eigenvalue weighted by atomic mass is 32.2. The Morgan fingerprint density at radius 3 is 2.50 bits per heavy atom. The summed E-state index contributed by atoms with van der Waals surface area (Å²) in [6.07, 6.45) is 7.11. The van der Waals surface area contributed by atoms with Crippen LogP contribution in [0.3, 0.4) is 0 Å². The van der Waals surface area contributed by atoms with Crippen LogP contribution in [0.15, 0.2) is 22.7 Å². The third-order valence-electron chi connectivity index (χ3n) is 5.97. The van der Waals surface area contributed by atoms with Crippen molar-refractivity contribution in [2.45, 2.75) is 75.7 Å². The largest absolute Gasteiger partial charge is 0.370 e. The Balaban J connectivity index is 1.45. The minimum atomic E-state index is -0.362. The maximum absolute atomic E-state index is 13.2. The molecule has 9 heteroatoms. The maximum Gasteiger partial charge on any atom is 0.233 e. The zero-order chi connectivity index (χ0) is 21.1. The lowest BCUT2D eigenvalue weighted by molar-refractivity contribution is -0.132. The first-order chi connectivity index (χ1) is 14.5. The molecule has 2 saturated carbocycles. The monoisotopic (exact) mass is 447 g/mol. The summed E-state index contributed by atoms with van der Waals surface area (Å²) < 4.78 is 1.91. The van der Waals surface area contributed by atoms with Crippen LogP contribution in [0.5, 0.6) is 0 Å². The molecule has 0 spiro atoms. The number of thioether (sulfide) groups is 1. The number of hydrogen-bond acceptors (Lipinski definition) is 6. The van der Waals surface area contributed by atoms with Crippen molar-refractivity contribution < 1.29 is 9.59 Å². The predicted octanol–water partition coefficient (Wildman–Crippen LogP) is 3.54. The summed E-state index contributed by atoms with van der Waals surface area (Å²) in [5, 5.41) is 11.3. The van der Waals surface area contributed by atoms with Gasteiger partial charge in [0.05, 0.1) is 10.6 Å². The molecule has 4 rings (SSSR count).